The lowest BCUT2D eigenvalue weighted by atomic mass is 9.88. The van der Waals surface area contributed by atoms with Crippen molar-refractivity contribution in [1.29, 1.82) is 0 Å². The van der Waals surface area contributed by atoms with Crippen LogP contribution in [0.3, 0.4) is 0 Å². The highest BCUT2D eigenvalue weighted by atomic mass is 32.2. The van der Waals surface area contributed by atoms with Crippen LogP contribution < -0.4 is 10.6 Å². The fourth-order valence-corrected chi connectivity index (χ4v) is 5.44. The molecule has 4 N–H and O–H groups in total. The molecule has 1 aromatic carbocycles. The molecule has 0 bridgehead atoms. The Morgan fingerprint density at radius 1 is 1.14 bits per heavy atom. The number of aromatic amines is 1. The summed E-state index contributed by atoms with van der Waals surface area (Å²) in [6, 6.07) is 3.98. The Hall–Kier alpha value is -1.33. The molecule has 2 heterocycles. The van der Waals surface area contributed by atoms with Crippen molar-refractivity contribution in [1.82, 2.24) is 4.98 Å². The first-order valence-electron chi connectivity index (χ1n) is 11.0. The zero-order chi connectivity index (χ0) is 21.4. The maximum absolute atomic E-state index is 10.8. The van der Waals surface area contributed by atoms with Crippen molar-refractivity contribution in [3.63, 3.8) is 0 Å². The van der Waals surface area contributed by atoms with E-state index in [1.807, 2.05) is 17.8 Å². The van der Waals surface area contributed by atoms with Gasteiger partial charge in [0.15, 0.2) is 0 Å². The van der Waals surface area contributed by atoms with Crippen LogP contribution in [-0.4, -0.2) is 34.5 Å². The third-order valence-corrected chi connectivity index (χ3v) is 6.78. The maximum Gasteiger partial charge on any atom is 0.141 e. The molecule has 5 heteroatoms. The molecule has 0 unspecified atom stereocenters. The fraction of sp³-hybridized carbons (Fsp3) is 0.667. The minimum absolute atomic E-state index is 0.121. The number of aromatic nitrogens is 1. The molecule has 0 radical (unpaired) electrons. The number of thioether (sulfide) groups is 1. The highest BCUT2D eigenvalue weighted by Gasteiger charge is 2.27. The Labute approximate surface area is 180 Å². The molecule has 0 amide bonds. The van der Waals surface area contributed by atoms with Crippen molar-refractivity contribution < 1.29 is 5.11 Å². The average molecular weight is 418 g/mol. The van der Waals surface area contributed by atoms with Gasteiger partial charge < -0.3 is 20.7 Å². The van der Waals surface area contributed by atoms with Crippen LogP contribution in [0.15, 0.2) is 17.2 Å². The van der Waals surface area contributed by atoms with E-state index in [2.05, 4.69) is 57.5 Å². The topological polar surface area (TPSA) is 65.3 Å². The van der Waals surface area contributed by atoms with Crippen LogP contribution in [-0.2, 0) is 6.42 Å². The minimum atomic E-state index is 0.121. The van der Waals surface area contributed by atoms with E-state index in [1.165, 1.54) is 16.0 Å². The molecule has 1 aliphatic heterocycles. The molecular formula is C24H39N3OS. The van der Waals surface area contributed by atoms with E-state index in [0.717, 1.165) is 56.5 Å². The van der Waals surface area contributed by atoms with E-state index in [-0.39, 0.29) is 10.2 Å². The first-order valence-corrected chi connectivity index (χ1v) is 11.8. The highest BCUT2D eigenvalue weighted by Crippen LogP contribution is 2.45. The number of H-pyrrole nitrogens is 1. The SMILES string of the molecule is CC(C)(C)Cc1c(SC(C)(C)C)[nH]c2c(N3CCC(CCN)CC3)c(O)ccc12. The van der Waals surface area contributed by atoms with Gasteiger partial charge in [-0.25, -0.2) is 0 Å². The van der Waals surface area contributed by atoms with Crippen LogP contribution >= 0.6 is 11.8 Å². The predicted octanol–water partition coefficient (Wildman–Crippen LogP) is 5.92. The van der Waals surface area contributed by atoms with Gasteiger partial charge in [0.2, 0.25) is 0 Å². The fourth-order valence-electron chi connectivity index (χ4n) is 4.37. The molecule has 1 aromatic heterocycles. The lowest BCUT2D eigenvalue weighted by molar-refractivity contribution is 0.383. The molecule has 1 saturated heterocycles. The third-order valence-electron chi connectivity index (χ3n) is 5.62. The lowest BCUT2D eigenvalue weighted by Crippen LogP contribution is -2.34. The molecule has 0 spiro atoms. The highest BCUT2D eigenvalue weighted by molar-refractivity contribution is 8.00. The van der Waals surface area contributed by atoms with Gasteiger partial charge in [0.25, 0.3) is 0 Å². The third kappa shape index (κ3) is 5.43. The summed E-state index contributed by atoms with van der Waals surface area (Å²) in [5.41, 5.74) is 9.41. The second-order valence-corrected chi connectivity index (χ2v) is 12.6. The Kier molecular flexibility index (Phi) is 6.50. The van der Waals surface area contributed by atoms with E-state index in [1.54, 1.807) is 0 Å². The number of nitrogens with two attached hydrogens (primary N) is 1. The molecule has 162 valence electrons. The number of phenols is 1. The second kappa shape index (κ2) is 8.43. The summed E-state index contributed by atoms with van der Waals surface area (Å²) in [5.74, 6) is 1.09. The van der Waals surface area contributed by atoms with Gasteiger partial charge in [-0.05, 0) is 61.3 Å². The largest absolute Gasteiger partial charge is 0.506 e. The molecule has 0 aliphatic carbocycles. The van der Waals surface area contributed by atoms with Crippen molar-refractivity contribution in [3.8, 4) is 5.75 Å². The van der Waals surface area contributed by atoms with Gasteiger partial charge in [-0.15, -0.1) is 11.8 Å². The van der Waals surface area contributed by atoms with Gasteiger partial charge >= 0.3 is 0 Å². The van der Waals surface area contributed by atoms with Crippen LogP contribution in [0, 0.1) is 11.3 Å². The first kappa shape index (κ1) is 22.4. The summed E-state index contributed by atoms with van der Waals surface area (Å²) < 4.78 is 0.121. The van der Waals surface area contributed by atoms with Gasteiger partial charge in [-0.1, -0.05) is 41.5 Å². The van der Waals surface area contributed by atoms with Crippen molar-refractivity contribution in [2.24, 2.45) is 17.1 Å². The summed E-state index contributed by atoms with van der Waals surface area (Å²) >= 11 is 1.89. The number of nitrogens with one attached hydrogen (secondary N) is 1. The second-order valence-electron chi connectivity index (χ2n) is 10.7. The number of fused-ring (bicyclic) bond motifs is 1. The van der Waals surface area contributed by atoms with E-state index >= 15 is 0 Å². The summed E-state index contributed by atoms with van der Waals surface area (Å²) in [5, 5.41) is 13.3. The molecular weight excluding hydrogens is 378 g/mol. The van der Waals surface area contributed by atoms with Crippen LogP contribution in [0.5, 0.6) is 5.75 Å². The number of benzene rings is 1. The van der Waals surface area contributed by atoms with Crippen molar-refractivity contribution in [2.75, 3.05) is 24.5 Å². The summed E-state index contributed by atoms with van der Waals surface area (Å²) in [6.07, 6.45) is 4.40. The van der Waals surface area contributed by atoms with Crippen LogP contribution in [0.4, 0.5) is 5.69 Å². The monoisotopic (exact) mass is 417 g/mol. The molecule has 29 heavy (non-hydrogen) atoms. The number of rotatable bonds is 5. The normalized spacial score (nSPS) is 16.7. The van der Waals surface area contributed by atoms with Crippen molar-refractivity contribution in [2.45, 2.75) is 77.0 Å². The van der Waals surface area contributed by atoms with Crippen LogP contribution in [0.25, 0.3) is 10.9 Å². The molecule has 1 aliphatic rings. The number of hydrogen-bond donors (Lipinski definition) is 3. The smallest absolute Gasteiger partial charge is 0.141 e. The zero-order valence-electron chi connectivity index (χ0n) is 19.1. The molecule has 1 fully saturated rings. The summed E-state index contributed by atoms with van der Waals surface area (Å²) in [4.78, 5) is 6.10. The van der Waals surface area contributed by atoms with Crippen LogP contribution in [0.1, 0.15) is 66.4 Å². The van der Waals surface area contributed by atoms with Crippen LogP contribution in [0.2, 0.25) is 0 Å². The Balaban J connectivity index is 2.05. The van der Waals surface area contributed by atoms with Gasteiger partial charge in [-0.3, -0.25) is 0 Å². The molecule has 2 aromatic rings. The number of piperidine rings is 1. The number of nitrogens with zero attached hydrogens (tertiary/aromatic N) is 1. The standard InChI is InChI=1S/C24H39N3OS/c1-23(2,3)15-18-17-7-8-19(28)21(20(17)26-22(18)29-24(4,5)6)27-13-10-16(9-12-25)11-14-27/h7-8,16,26,28H,9-15,25H2,1-6H3. The van der Waals surface area contributed by atoms with Gasteiger partial charge in [-0.2, -0.15) is 0 Å². The van der Waals surface area contributed by atoms with Crippen molar-refractivity contribution in [3.05, 3.63) is 17.7 Å². The Morgan fingerprint density at radius 2 is 1.79 bits per heavy atom. The molecule has 0 saturated carbocycles. The minimum Gasteiger partial charge on any atom is -0.506 e. The Morgan fingerprint density at radius 3 is 2.34 bits per heavy atom. The van der Waals surface area contributed by atoms with E-state index in [9.17, 15) is 5.11 Å². The lowest BCUT2D eigenvalue weighted by Gasteiger charge is -2.34. The van der Waals surface area contributed by atoms with Crippen molar-refractivity contribution >= 4 is 28.4 Å². The summed E-state index contributed by atoms with van der Waals surface area (Å²) in [7, 11) is 0. The van der Waals surface area contributed by atoms with E-state index in [0.29, 0.717) is 11.7 Å². The van der Waals surface area contributed by atoms with E-state index in [4.69, 9.17) is 5.73 Å². The summed E-state index contributed by atoms with van der Waals surface area (Å²) in [6.45, 7) is 16.4. The predicted molar refractivity (Wildman–Crippen MR) is 127 cm³/mol. The maximum atomic E-state index is 10.8. The number of hydrogen-bond acceptors (Lipinski definition) is 4. The Bertz CT molecular complexity index is 836. The number of phenolic OH excluding ortho intramolecular Hbond substituents is 1. The molecule has 3 rings (SSSR count). The average Bonchev–Trinajstić information content (AvgIpc) is 2.90. The zero-order valence-corrected chi connectivity index (χ0v) is 19.9. The first-order chi connectivity index (χ1) is 13.5. The van der Waals surface area contributed by atoms with Gasteiger partial charge in [0.1, 0.15) is 11.4 Å². The molecule has 0 atom stereocenters. The number of aromatic hydroxyl groups is 1. The van der Waals surface area contributed by atoms with Gasteiger partial charge in [0, 0.05) is 23.2 Å². The number of anilines is 1. The van der Waals surface area contributed by atoms with Gasteiger partial charge in [0.05, 0.1) is 10.5 Å². The molecule has 4 nitrogen and oxygen atoms in total. The quantitative estimate of drug-likeness (QED) is 0.529. The van der Waals surface area contributed by atoms with E-state index < -0.39 is 0 Å².